The second-order valence-electron chi connectivity index (χ2n) is 8.44. The molecule has 2 heterocycles. The molecule has 2 aliphatic rings. The molecule has 33 heavy (non-hydrogen) atoms. The summed E-state index contributed by atoms with van der Waals surface area (Å²) in [5.74, 6) is -0.474. The van der Waals surface area contributed by atoms with Crippen LogP contribution in [0.5, 0.6) is 11.5 Å². The van der Waals surface area contributed by atoms with Crippen molar-refractivity contribution < 1.29 is 28.6 Å². The fourth-order valence-corrected chi connectivity index (χ4v) is 5.93. The Morgan fingerprint density at radius 1 is 1.15 bits per heavy atom. The second-order valence-corrected chi connectivity index (χ2v) is 10.2. The zero-order valence-corrected chi connectivity index (χ0v) is 20.9. The van der Waals surface area contributed by atoms with E-state index < -0.39 is 28.7 Å². The van der Waals surface area contributed by atoms with Crippen LogP contribution in [0, 0.1) is 0 Å². The average molecular weight is 480 g/mol. The summed E-state index contributed by atoms with van der Waals surface area (Å²) in [5.41, 5.74) is 0.225. The summed E-state index contributed by atoms with van der Waals surface area (Å²) >= 11 is 1.49. The average Bonchev–Trinajstić information content (AvgIpc) is 3.07. The van der Waals surface area contributed by atoms with Crippen LogP contribution < -0.4 is 14.8 Å². The maximum atomic E-state index is 13.0. The first kappa shape index (κ1) is 25.2. The molecule has 0 spiro atoms. The van der Waals surface area contributed by atoms with Gasteiger partial charge in [0, 0.05) is 11.3 Å². The van der Waals surface area contributed by atoms with Crippen molar-refractivity contribution in [2.75, 3.05) is 40.5 Å². The van der Waals surface area contributed by atoms with Gasteiger partial charge in [-0.1, -0.05) is 19.9 Å². The molecule has 2 amide bonds. The van der Waals surface area contributed by atoms with Gasteiger partial charge in [-0.25, -0.2) is 4.79 Å². The van der Waals surface area contributed by atoms with Gasteiger partial charge in [-0.2, -0.15) is 0 Å². The van der Waals surface area contributed by atoms with Gasteiger partial charge in [0.1, 0.15) is 41.1 Å². The molecule has 3 atom stereocenters. The third kappa shape index (κ3) is 4.77. The Labute approximate surface area is 199 Å². The molecule has 0 aliphatic carbocycles. The number of hydrogen-bond acceptors (Lipinski definition) is 8. The lowest BCUT2D eigenvalue weighted by Crippen LogP contribution is -2.70. The van der Waals surface area contributed by atoms with E-state index in [-0.39, 0.29) is 23.5 Å². The van der Waals surface area contributed by atoms with E-state index in [1.807, 2.05) is 13.8 Å². The third-order valence-corrected chi connectivity index (χ3v) is 7.72. The fraction of sp³-hybridized carbons (Fsp3) is 0.609. The lowest BCUT2D eigenvalue weighted by Gasteiger charge is -2.44. The van der Waals surface area contributed by atoms with Gasteiger partial charge in [-0.15, -0.1) is 11.8 Å². The van der Waals surface area contributed by atoms with E-state index in [1.165, 1.54) is 30.9 Å². The van der Waals surface area contributed by atoms with Gasteiger partial charge in [0.2, 0.25) is 5.91 Å². The monoisotopic (exact) mass is 479 g/mol. The van der Waals surface area contributed by atoms with Gasteiger partial charge in [0.15, 0.2) is 0 Å². The number of esters is 1. The quantitative estimate of drug-likeness (QED) is 0.401. The van der Waals surface area contributed by atoms with Crippen LogP contribution >= 0.6 is 11.8 Å². The molecule has 10 heteroatoms. The molecule has 0 radical (unpaired) electrons. The highest BCUT2D eigenvalue weighted by Gasteiger charge is 2.64. The molecule has 3 rings (SSSR count). The fourth-order valence-electron chi connectivity index (χ4n) is 4.31. The minimum Gasteiger partial charge on any atom is -0.496 e. The van der Waals surface area contributed by atoms with Crippen molar-refractivity contribution in [3.05, 3.63) is 23.8 Å². The summed E-state index contributed by atoms with van der Waals surface area (Å²) in [7, 11) is 2.93. The topological polar surface area (TPSA) is 97.4 Å². The summed E-state index contributed by atoms with van der Waals surface area (Å²) in [6.07, 6.45) is 0. The number of ether oxygens (including phenoxy) is 3. The Hall–Kier alpha value is -2.46. The van der Waals surface area contributed by atoms with E-state index >= 15 is 0 Å². The number of rotatable bonds is 10. The minimum absolute atomic E-state index is 0.225. The maximum Gasteiger partial charge on any atom is 0.330 e. The van der Waals surface area contributed by atoms with Crippen LogP contribution in [0.15, 0.2) is 18.2 Å². The molecular weight excluding hydrogens is 446 g/mol. The Balaban J connectivity index is 1.69. The number of β-lactam (4-membered cyclic amide) rings is 1. The highest BCUT2D eigenvalue weighted by atomic mass is 32.2. The molecule has 0 saturated carbocycles. The lowest BCUT2D eigenvalue weighted by atomic mass is 9.95. The number of hydrogen-bond donors (Lipinski definition) is 1. The standard InChI is InChI=1S/C23H33N3O6S/c1-7-25(8-2)12-13-32-22(29)18-23(3,4)33-21-17(20(28)26(18)21)24-19(27)16-14(30-5)10-9-11-15(16)31-6/h9-11,17-18,21H,7-8,12-13H2,1-6H3,(H,24,27)/t17-,18+,21-/m1/s1. The van der Waals surface area contributed by atoms with Crippen LogP contribution in [0.3, 0.4) is 0 Å². The summed E-state index contributed by atoms with van der Waals surface area (Å²) in [6.45, 7) is 10.6. The Bertz CT molecular complexity index is 882. The number of nitrogens with one attached hydrogen (secondary N) is 1. The molecule has 182 valence electrons. The van der Waals surface area contributed by atoms with Crippen LogP contribution in [-0.2, 0) is 14.3 Å². The van der Waals surface area contributed by atoms with E-state index in [0.717, 1.165) is 13.1 Å². The number of carbonyl (C=O) groups excluding carboxylic acids is 3. The normalized spacial score (nSPS) is 23.1. The SMILES string of the molecule is CCN(CC)CCOC(=O)[C@@H]1N2C(=O)[C@@H](NC(=O)c3c(OC)cccc3OC)[C@H]2SC1(C)C. The third-order valence-electron chi connectivity index (χ3n) is 6.15. The number of fused-ring (bicyclic) bond motifs is 1. The van der Waals surface area contributed by atoms with Gasteiger partial charge in [0.05, 0.1) is 14.2 Å². The number of likely N-dealkylation sites (N-methyl/N-ethyl adjacent to an activating group) is 1. The first-order chi connectivity index (χ1) is 15.7. The van der Waals surface area contributed by atoms with Crippen molar-refractivity contribution >= 4 is 29.5 Å². The van der Waals surface area contributed by atoms with Crippen molar-refractivity contribution in [1.82, 2.24) is 15.1 Å². The van der Waals surface area contributed by atoms with Crippen LogP contribution in [0.4, 0.5) is 0 Å². The molecule has 2 fully saturated rings. The van der Waals surface area contributed by atoms with Crippen LogP contribution in [0.25, 0.3) is 0 Å². The number of amides is 2. The first-order valence-electron chi connectivity index (χ1n) is 11.1. The van der Waals surface area contributed by atoms with E-state index in [0.29, 0.717) is 18.0 Å². The minimum atomic E-state index is -0.745. The molecule has 9 nitrogen and oxygen atoms in total. The number of thioether (sulfide) groups is 1. The summed E-state index contributed by atoms with van der Waals surface area (Å²) in [5, 5.41) is 2.45. The predicted molar refractivity (Wildman–Crippen MR) is 126 cm³/mol. The zero-order chi connectivity index (χ0) is 24.3. The maximum absolute atomic E-state index is 13.0. The molecule has 1 aromatic carbocycles. The van der Waals surface area contributed by atoms with Crippen molar-refractivity contribution in [3.63, 3.8) is 0 Å². The lowest BCUT2D eigenvalue weighted by molar-refractivity contribution is -0.163. The molecular formula is C23H33N3O6S. The molecule has 1 aromatic rings. The number of nitrogens with zero attached hydrogens (tertiary/aromatic N) is 2. The highest BCUT2D eigenvalue weighted by molar-refractivity contribution is 8.01. The number of methoxy groups -OCH3 is 2. The number of carbonyl (C=O) groups is 3. The van der Waals surface area contributed by atoms with Crippen molar-refractivity contribution in [2.45, 2.75) is 49.9 Å². The number of benzene rings is 1. The molecule has 0 aromatic heterocycles. The second kappa shape index (κ2) is 10.2. The molecule has 2 saturated heterocycles. The molecule has 0 unspecified atom stereocenters. The van der Waals surface area contributed by atoms with E-state index in [9.17, 15) is 14.4 Å². The highest BCUT2D eigenvalue weighted by Crippen LogP contribution is 2.51. The van der Waals surface area contributed by atoms with Crippen LogP contribution in [0.1, 0.15) is 38.1 Å². The predicted octanol–water partition coefficient (Wildman–Crippen LogP) is 1.75. The Kier molecular flexibility index (Phi) is 7.79. The van der Waals surface area contributed by atoms with Gasteiger partial charge in [-0.3, -0.25) is 9.59 Å². The Morgan fingerprint density at radius 3 is 2.30 bits per heavy atom. The molecule has 1 N–H and O–H groups in total. The van der Waals surface area contributed by atoms with Gasteiger partial charge < -0.3 is 29.3 Å². The Morgan fingerprint density at radius 2 is 1.76 bits per heavy atom. The zero-order valence-electron chi connectivity index (χ0n) is 20.0. The van der Waals surface area contributed by atoms with Gasteiger partial charge in [-0.05, 0) is 39.1 Å². The van der Waals surface area contributed by atoms with Crippen molar-refractivity contribution in [2.24, 2.45) is 0 Å². The summed E-state index contributed by atoms with van der Waals surface area (Å²) in [6, 6.07) is 3.58. The van der Waals surface area contributed by atoms with E-state index in [4.69, 9.17) is 14.2 Å². The van der Waals surface area contributed by atoms with E-state index in [2.05, 4.69) is 24.1 Å². The molecule has 2 aliphatic heterocycles. The molecule has 0 bridgehead atoms. The summed E-state index contributed by atoms with van der Waals surface area (Å²) < 4.78 is 15.6. The first-order valence-corrected chi connectivity index (χ1v) is 12.0. The van der Waals surface area contributed by atoms with Gasteiger partial charge >= 0.3 is 5.97 Å². The van der Waals surface area contributed by atoms with Crippen LogP contribution in [-0.4, -0.2) is 90.2 Å². The van der Waals surface area contributed by atoms with E-state index in [1.54, 1.807) is 18.2 Å². The largest absolute Gasteiger partial charge is 0.496 e. The van der Waals surface area contributed by atoms with Crippen molar-refractivity contribution in [3.8, 4) is 11.5 Å². The smallest absolute Gasteiger partial charge is 0.330 e. The van der Waals surface area contributed by atoms with Crippen molar-refractivity contribution in [1.29, 1.82) is 0 Å². The van der Waals surface area contributed by atoms with Gasteiger partial charge in [0.25, 0.3) is 5.91 Å². The van der Waals surface area contributed by atoms with Crippen LogP contribution in [0.2, 0.25) is 0 Å². The summed E-state index contributed by atoms with van der Waals surface area (Å²) in [4.78, 5) is 42.7.